The van der Waals surface area contributed by atoms with E-state index in [-0.39, 0.29) is 51.5 Å². The van der Waals surface area contributed by atoms with Crippen molar-refractivity contribution in [3.8, 4) is 0 Å². The number of hydrogen-bond donors (Lipinski definition) is 0. The largest absolute Gasteiger partial charge is 0.489 e. The van der Waals surface area contributed by atoms with Crippen LogP contribution in [0.4, 0.5) is 0 Å². The minimum atomic E-state index is -0.903. The maximum absolute atomic E-state index is 13.1. The SMILES string of the molecule is CC1=CC2(CC(C)C3C(CC4(C)C5=C6C(CC34C)OC3=CC(=O)C(C)(C)C(CC5)C36C)O2)OC1=O. The van der Waals surface area contributed by atoms with E-state index in [1.807, 2.05) is 19.1 Å². The number of fused-ring (bicyclic) bond motifs is 4. The van der Waals surface area contributed by atoms with E-state index in [1.54, 1.807) is 5.57 Å². The predicted molar refractivity (Wildman–Crippen MR) is 130 cm³/mol. The Hall–Kier alpha value is -1.88. The van der Waals surface area contributed by atoms with Gasteiger partial charge in [-0.1, -0.05) is 40.2 Å². The highest BCUT2D eigenvalue weighted by atomic mass is 16.7. The number of esters is 1. The summed E-state index contributed by atoms with van der Waals surface area (Å²) in [7, 11) is 0. The quantitative estimate of drug-likeness (QED) is 0.332. The molecule has 5 nitrogen and oxygen atoms in total. The molecule has 1 saturated carbocycles. The summed E-state index contributed by atoms with van der Waals surface area (Å²) >= 11 is 0. The minimum absolute atomic E-state index is 0.00623. The first-order valence-electron chi connectivity index (χ1n) is 13.5. The van der Waals surface area contributed by atoms with E-state index < -0.39 is 5.79 Å². The van der Waals surface area contributed by atoms with Gasteiger partial charge in [0.15, 0.2) is 5.78 Å². The van der Waals surface area contributed by atoms with Crippen LogP contribution in [0.5, 0.6) is 0 Å². The minimum Gasteiger partial charge on any atom is -0.489 e. The molecule has 5 heteroatoms. The van der Waals surface area contributed by atoms with E-state index in [9.17, 15) is 9.59 Å². The number of allylic oxidation sites excluding steroid dienone is 3. The lowest BCUT2D eigenvalue weighted by molar-refractivity contribution is -0.258. The predicted octanol–water partition coefficient (Wildman–Crippen LogP) is 5.65. The van der Waals surface area contributed by atoms with Gasteiger partial charge < -0.3 is 14.2 Å². The van der Waals surface area contributed by atoms with E-state index in [0.29, 0.717) is 23.8 Å². The second kappa shape index (κ2) is 6.15. The Kier molecular flexibility index (Phi) is 3.92. The molecule has 9 unspecified atom stereocenters. The van der Waals surface area contributed by atoms with Gasteiger partial charge in [0.05, 0.1) is 11.5 Å². The smallest absolute Gasteiger partial charge is 0.336 e. The van der Waals surface area contributed by atoms with Gasteiger partial charge in [-0.25, -0.2) is 4.79 Å². The molecular weight excluding hydrogens is 440 g/mol. The van der Waals surface area contributed by atoms with Crippen LogP contribution >= 0.6 is 0 Å². The van der Waals surface area contributed by atoms with Gasteiger partial charge in [0.1, 0.15) is 11.9 Å². The Morgan fingerprint density at radius 2 is 1.77 bits per heavy atom. The van der Waals surface area contributed by atoms with Crippen LogP contribution in [0.3, 0.4) is 0 Å². The van der Waals surface area contributed by atoms with Crippen LogP contribution in [-0.2, 0) is 23.8 Å². The van der Waals surface area contributed by atoms with Crippen molar-refractivity contribution in [1.82, 2.24) is 0 Å². The number of ketones is 1. The highest BCUT2D eigenvalue weighted by molar-refractivity contribution is 5.97. The number of carbonyl (C=O) groups excluding carboxylic acids is 2. The van der Waals surface area contributed by atoms with E-state index in [4.69, 9.17) is 14.2 Å². The molecule has 0 bridgehead atoms. The highest BCUT2D eigenvalue weighted by Crippen LogP contribution is 2.76. The topological polar surface area (TPSA) is 61.8 Å². The van der Waals surface area contributed by atoms with Crippen LogP contribution in [-0.4, -0.2) is 29.7 Å². The molecule has 7 aliphatic rings. The summed E-state index contributed by atoms with van der Waals surface area (Å²) in [6.45, 7) is 15.7. The summed E-state index contributed by atoms with van der Waals surface area (Å²) in [6.07, 6.45) is 8.46. The third-order valence-corrected chi connectivity index (χ3v) is 12.0. The molecule has 7 rings (SSSR count). The van der Waals surface area contributed by atoms with Crippen molar-refractivity contribution in [1.29, 1.82) is 0 Å². The Balaban J connectivity index is 1.35. The molecule has 3 fully saturated rings. The maximum atomic E-state index is 13.1. The summed E-state index contributed by atoms with van der Waals surface area (Å²) in [6, 6.07) is 0. The molecule has 0 amide bonds. The van der Waals surface area contributed by atoms with Crippen LogP contribution in [0.15, 0.2) is 34.6 Å². The van der Waals surface area contributed by atoms with Crippen molar-refractivity contribution in [3.63, 3.8) is 0 Å². The van der Waals surface area contributed by atoms with Gasteiger partial charge in [-0.05, 0) is 79.8 Å². The van der Waals surface area contributed by atoms with Crippen molar-refractivity contribution in [2.45, 2.75) is 98.6 Å². The first kappa shape index (κ1) is 22.3. The fourth-order valence-electron chi connectivity index (χ4n) is 10.4. The Bertz CT molecular complexity index is 1190. The van der Waals surface area contributed by atoms with Gasteiger partial charge in [0.25, 0.3) is 0 Å². The standard InChI is InChI=1S/C30H38O5/c1-15-11-30(12-16(2)25(32)35-30)34-19-14-27(5)17-8-9-20-26(3,4)21(31)10-22-29(20,7)24(17)18(33-22)13-28(27,6)23(15)19/h10,12,15,18-20,23H,8-9,11,13-14H2,1-7H3. The molecule has 0 N–H and O–H groups in total. The molecule has 0 aromatic heterocycles. The summed E-state index contributed by atoms with van der Waals surface area (Å²) in [5.74, 6) is 0.961. The summed E-state index contributed by atoms with van der Waals surface area (Å²) in [5.41, 5.74) is 3.14. The molecule has 0 radical (unpaired) electrons. The lowest BCUT2D eigenvalue weighted by atomic mass is 9.44. The highest BCUT2D eigenvalue weighted by Gasteiger charge is 2.73. The van der Waals surface area contributed by atoms with Crippen LogP contribution in [0.2, 0.25) is 0 Å². The number of ether oxygens (including phenoxy) is 3. The fourth-order valence-corrected chi connectivity index (χ4v) is 10.4. The second-order valence-electron chi connectivity index (χ2n) is 13.9. The summed E-state index contributed by atoms with van der Waals surface area (Å²) in [4.78, 5) is 25.4. The molecule has 3 heterocycles. The molecular formula is C30H38O5. The molecule has 3 aliphatic heterocycles. The lowest BCUT2D eigenvalue weighted by Crippen LogP contribution is -2.54. The van der Waals surface area contributed by atoms with Crippen LogP contribution in [0.1, 0.15) is 80.6 Å². The zero-order chi connectivity index (χ0) is 24.9. The van der Waals surface area contributed by atoms with Crippen molar-refractivity contribution >= 4 is 11.8 Å². The normalized spacial score (nSPS) is 52.9. The molecule has 0 aromatic rings. The Morgan fingerprint density at radius 3 is 2.46 bits per heavy atom. The molecule has 35 heavy (non-hydrogen) atoms. The average Bonchev–Trinajstić information content (AvgIpc) is 3.26. The first-order chi connectivity index (χ1) is 16.3. The molecule has 188 valence electrons. The monoisotopic (exact) mass is 478 g/mol. The van der Waals surface area contributed by atoms with Gasteiger partial charge in [-0.2, -0.15) is 0 Å². The first-order valence-corrected chi connectivity index (χ1v) is 13.5. The summed E-state index contributed by atoms with van der Waals surface area (Å²) in [5, 5.41) is 0. The second-order valence-corrected chi connectivity index (χ2v) is 13.9. The summed E-state index contributed by atoms with van der Waals surface area (Å²) < 4.78 is 19.3. The number of carbonyl (C=O) groups is 2. The van der Waals surface area contributed by atoms with Gasteiger partial charge in [0.2, 0.25) is 5.79 Å². The number of hydrogen-bond acceptors (Lipinski definition) is 5. The third kappa shape index (κ3) is 2.32. The van der Waals surface area contributed by atoms with Crippen LogP contribution < -0.4 is 0 Å². The third-order valence-electron chi connectivity index (χ3n) is 12.0. The molecule has 2 saturated heterocycles. The molecule has 0 aromatic carbocycles. The van der Waals surface area contributed by atoms with Gasteiger partial charge >= 0.3 is 5.97 Å². The average molecular weight is 479 g/mol. The van der Waals surface area contributed by atoms with E-state index in [2.05, 4.69) is 41.5 Å². The Morgan fingerprint density at radius 1 is 1.03 bits per heavy atom. The molecule has 1 spiro atoms. The van der Waals surface area contributed by atoms with Crippen molar-refractivity contribution in [3.05, 3.63) is 34.6 Å². The fraction of sp³-hybridized carbons (Fsp3) is 0.733. The van der Waals surface area contributed by atoms with E-state index in [1.165, 1.54) is 5.57 Å². The van der Waals surface area contributed by atoms with Crippen LogP contribution in [0, 0.1) is 39.4 Å². The zero-order valence-electron chi connectivity index (χ0n) is 22.1. The van der Waals surface area contributed by atoms with E-state index >= 15 is 0 Å². The molecule has 4 aliphatic carbocycles. The maximum Gasteiger partial charge on any atom is 0.336 e. The van der Waals surface area contributed by atoms with E-state index in [0.717, 1.165) is 31.4 Å². The molecule has 9 atom stereocenters. The van der Waals surface area contributed by atoms with Crippen molar-refractivity contribution in [2.24, 2.45) is 39.4 Å². The van der Waals surface area contributed by atoms with Crippen molar-refractivity contribution in [2.75, 3.05) is 0 Å². The number of rotatable bonds is 0. The lowest BCUT2D eigenvalue weighted by Gasteiger charge is -2.57. The Labute approximate surface area is 208 Å². The van der Waals surface area contributed by atoms with Crippen molar-refractivity contribution < 1.29 is 23.8 Å². The van der Waals surface area contributed by atoms with Gasteiger partial charge in [-0.3, -0.25) is 4.79 Å². The van der Waals surface area contributed by atoms with Gasteiger partial charge in [-0.15, -0.1) is 0 Å². The zero-order valence-corrected chi connectivity index (χ0v) is 22.1. The van der Waals surface area contributed by atoms with Gasteiger partial charge in [0, 0.05) is 23.5 Å². The van der Waals surface area contributed by atoms with Crippen LogP contribution in [0.25, 0.3) is 0 Å².